The van der Waals surface area contributed by atoms with E-state index in [0.29, 0.717) is 23.3 Å². The number of halogens is 1. The Morgan fingerprint density at radius 3 is 3.00 bits per heavy atom. The van der Waals surface area contributed by atoms with Gasteiger partial charge in [-0.15, -0.1) is 0 Å². The minimum absolute atomic E-state index is 0.0605. The number of hydrogen-bond acceptors (Lipinski definition) is 4. The molecule has 1 amide bonds. The lowest BCUT2D eigenvalue weighted by Crippen LogP contribution is -2.38. The molecule has 4 rings (SSSR count). The number of aliphatic hydroxyl groups is 1. The van der Waals surface area contributed by atoms with Crippen molar-refractivity contribution >= 4 is 16.8 Å². The zero-order chi connectivity index (χ0) is 19.7. The zero-order valence-electron chi connectivity index (χ0n) is 15.7. The molecule has 2 heterocycles. The second kappa shape index (κ2) is 7.45. The zero-order valence-corrected chi connectivity index (χ0v) is 15.7. The van der Waals surface area contributed by atoms with E-state index in [-0.39, 0.29) is 18.6 Å². The number of aliphatic hydroxyl groups excluding tert-OH is 1. The molecule has 1 N–H and O–H groups in total. The number of pyridine rings is 1. The van der Waals surface area contributed by atoms with Gasteiger partial charge >= 0.3 is 0 Å². The number of aromatic nitrogens is 1. The largest absolute Gasteiger partial charge is 0.394 e. The molecule has 0 spiro atoms. The number of nitrogens with zero attached hydrogens (tertiary/aromatic N) is 2. The Hall–Kier alpha value is -2.57. The van der Waals surface area contributed by atoms with Gasteiger partial charge in [-0.1, -0.05) is 36.4 Å². The van der Waals surface area contributed by atoms with Crippen LogP contribution in [-0.2, 0) is 4.74 Å². The molecule has 0 saturated carbocycles. The van der Waals surface area contributed by atoms with E-state index in [4.69, 9.17) is 4.74 Å². The summed E-state index contributed by atoms with van der Waals surface area (Å²) in [6, 6.07) is 8.84. The van der Waals surface area contributed by atoms with Gasteiger partial charge in [-0.25, -0.2) is 4.39 Å². The van der Waals surface area contributed by atoms with Crippen LogP contribution in [0.25, 0.3) is 10.9 Å². The number of carbonyl (C=O) groups is 1. The monoisotopic (exact) mass is 382 g/mol. The Bertz CT molecular complexity index is 958. The van der Waals surface area contributed by atoms with Crippen molar-refractivity contribution in [1.82, 2.24) is 9.88 Å². The summed E-state index contributed by atoms with van der Waals surface area (Å²) in [6.07, 6.45) is 8.05. The predicted molar refractivity (Wildman–Crippen MR) is 105 cm³/mol. The first-order valence-electron chi connectivity index (χ1n) is 9.49. The van der Waals surface area contributed by atoms with E-state index >= 15 is 4.39 Å². The van der Waals surface area contributed by atoms with Gasteiger partial charge in [0, 0.05) is 19.0 Å². The van der Waals surface area contributed by atoms with E-state index in [2.05, 4.69) is 4.98 Å². The van der Waals surface area contributed by atoms with Gasteiger partial charge in [0.05, 0.1) is 35.3 Å². The SMILES string of the molecule is COC1(F)C=CC=CC1c1cc(C(=O)N2CCC[C@@H]2CO)c2ccccc2n1. The summed E-state index contributed by atoms with van der Waals surface area (Å²) >= 11 is 0. The second-order valence-corrected chi connectivity index (χ2v) is 7.21. The smallest absolute Gasteiger partial charge is 0.254 e. The van der Waals surface area contributed by atoms with Gasteiger partial charge in [-0.3, -0.25) is 9.78 Å². The molecule has 1 aliphatic heterocycles. The molecule has 1 aromatic heterocycles. The molecule has 0 radical (unpaired) electrons. The minimum Gasteiger partial charge on any atom is -0.394 e. The predicted octanol–water partition coefficient (Wildman–Crippen LogP) is 3.35. The summed E-state index contributed by atoms with van der Waals surface area (Å²) in [6.45, 7) is 0.544. The van der Waals surface area contributed by atoms with Crippen LogP contribution in [0.2, 0.25) is 0 Å². The average molecular weight is 382 g/mol. The summed E-state index contributed by atoms with van der Waals surface area (Å²) in [4.78, 5) is 19.7. The number of benzene rings is 1. The van der Waals surface area contributed by atoms with Crippen LogP contribution in [0.1, 0.15) is 34.8 Å². The number of allylic oxidation sites excluding steroid dienone is 2. The normalized spacial score (nSPS) is 26.9. The quantitative estimate of drug-likeness (QED) is 0.881. The number of carbonyl (C=O) groups excluding carboxylic acids is 1. The van der Waals surface area contributed by atoms with Crippen LogP contribution >= 0.6 is 0 Å². The fourth-order valence-corrected chi connectivity index (χ4v) is 4.07. The minimum atomic E-state index is -2.02. The highest BCUT2D eigenvalue weighted by atomic mass is 19.2. The van der Waals surface area contributed by atoms with E-state index in [1.54, 1.807) is 29.2 Å². The summed E-state index contributed by atoms with van der Waals surface area (Å²) in [7, 11) is 1.32. The van der Waals surface area contributed by atoms with Crippen LogP contribution < -0.4 is 0 Å². The van der Waals surface area contributed by atoms with Crippen LogP contribution in [0.4, 0.5) is 4.39 Å². The first-order chi connectivity index (χ1) is 13.6. The molecule has 1 aromatic carbocycles. The number of amides is 1. The molecule has 2 unspecified atom stereocenters. The molecule has 0 bridgehead atoms. The van der Waals surface area contributed by atoms with Crippen molar-refractivity contribution in [3.8, 4) is 0 Å². The maximum Gasteiger partial charge on any atom is 0.254 e. The van der Waals surface area contributed by atoms with Gasteiger partial charge in [-0.05, 0) is 31.1 Å². The summed E-state index contributed by atoms with van der Waals surface area (Å²) in [5.41, 5.74) is 1.54. The van der Waals surface area contributed by atoms with Crippen molar-refractivity contribution < 1.29 is 19.0 Å². The molecule has 5 nitrogen and oxygen atoms in total. The molecule has 146 valence electrons. The second-order valence-electron chi connectivity index (χ2n) is 7.21. The third-order valence-electron chi connectivity index (χ3n) is 5.61. The van der Waals surface area contributed by atoms with Gasteiger partial charge in [-0.2, -0.15) is 0 Å². The van der Waals surface area contributed by atoms with E-state index in [1.807, 2.05) is 24.3 Å². The number of likely N-dealkylation sites (tertiary alicyclic amines) is 1. The van der Waals surface area contributed by atoms with E-state index in [9.17, 15) is 9.90 Å². The number of para-hydroxylation sites is 1. The lowest BCUT2D eigenvalue weighted by atomic mass is 9.90. The molecule has 2 aliphatic rings. The van der Waals surface area contributed by atoms with Crippen LogP contribution in [0.5, 0.6) is 0 Å². The number of ether oxygens (including phenoxy) is 1. The molecule has 1 fully saturated rings. The van der Waals surface area contributed by atoms with Crippen molar-refractivity contribution in [1.29, 1.82) is 0 Å². The molecule has 6 heteroatoms. The first-order valence-corrected chi connectivity index (χ1v) is 9.49. The Morgan fingerprint density at radius 1 is 1.39 bits per heavy atom. The molecule has 3 atom stereocenters. The fourth-order valence-electron chi connectivity index (χ4n) is 4.07. The third kappa shape index (κ3) is 3.12. The van der Waals surface area contributed by atoms with Crippen LogP contribution in [0, 0.1) is 0 Å². The van der Waals surface area contributed by atoms with Crippen molar-refractivity contribution in [2.24, 2.45) is 0 Å². The number of alkyl halides is 1. The Labute approximate surface area is 163 Å². The van der Waals surface area contributed by atoms with Gasteiger partial charge in [0.2, 0.25) is 5.85 Å². The number of rotatable bonds is 4. The lowest BCUT2D eigenvalue weighted by Gasteiger charge is -2.30. The Morgan fingerprint density at radius 2 is 2.21 bits per heavy atom. The molecule has 1 saturated heterocycles. The summed E-state index contributed by atoms with van der Waals surface area (Å²) in [5, 5.41) is 10.3. The maximum atomic E-state index is 15.3. The number of fused-ring (bicyclic) bond motifs is 1. The van der Waals surface area contributed by atoms with E-state index in [1.165, 1.54) is 13.2 Å². The molecule has 1 aliphatic carbocycles. The molecule has 2 aromatic rings. The van der Waals surface area contributed by atoms with Gasteiger partial charge in [0.15, 0.2) is 0 Å². The summed E-state index contributed by atoms with van der Waals surface area (Å²) in [5.74, 6) is -2.94. The lowest BCUT2D eigenvalue weighted by molar-refractivity contribution is -0.0908. The van der Waals surface area contributed by atoms with Crippen molar-refractivity contribution in [2.75, 3.05) is 20.3 Å². The standard InChI is InChI=1S/C22H23FN2O3/c1-28-22(23)11-5-4-9-18(22)20-13-17(16-8-2-3-10-19(16)24-20)21(27)25-12-6-7-15(25)14-26/h2-5,8-11,13,15,18,26H,6-7,12,14H2,1H3/t15-,18?,22?/m1/s1. The van der Waals surface area contributed by atoms with Gasteiger partial charge < -0.3 is 14.7 Å². The van der Waals surface area contributed by atoms with Crippen LogP contribution in [0.15, 0.2) is 54.6 Å². The topological polar surface area (TPSA) is 62.7 Å². The molecular weight excluding hydrogens is 359 g/mol. The number of methoxy groups -OCH3 is 1. The maximum absolute atomic E-state index is 15.3. The van der Waals surface area contributed by atoms with Gasteiger partial charge in [0.1, 0.15) is 0 Å². The van der Waals surface area contributed by atoms with Crippen molar-refractivity contribution in [2.45, 2.75) is 30.7 Å². The van der Waals surface area contributed by atoms with Crippen molar-refractivity contribution in [3.05, 3.63) is 65.9 Å². The number of hydrogen-bond donors (Lipinski definition) is 1. The van der Waals surface area contributed by atoms with E-state index in [0.717, 1.165) is 18.2 Å². The average Bonchev–Trinajstić information content (AvgIpc) is 3.21. The highest BCUT2D eigenvalue weighted by molar-refractivity contribution is 6.06. The van der Waals surface area contributed by atoms with Crippen LogP contribution in [-0.4, -0.2) is 53.1 Å². The molecule has 28 heavy (non-hydrogen) atoms. The third-order valence-corrected chi connectivity index (χ3v) is 5.61. The highest BCUT2D eigenvalue weighted by Crippen LogP contribution is 2.38. The highest BCUT2D eigenvalue weighted by Gasteiger charge is 2.39. The Kier molecular flexibility index (Phi) is 5.00. The van der Waals surface area contributed by atoms with Crippen LogP contribution in [0.3, 0.4) is 0 Å². The Balaban J connectivity index is 1.84. The fraction of sp³-hybridized carbons (Fsp3) is 0.364. The van der Waals surface area contributed by atoms with E-state index < -0.39 is 11.8 Å². The molecular formula is C22H23FN2O3. The summed E-state index contributed by atoms with van der Waals surface area (Å²) < 4.78 is 20.4. The first kappa shape index (κ1) is 18.8. The van der Waals surface area contributed by atoms with Crippen molar-refractivity contribution in [3.63, 3.8) is 0 Å². The van der Waals surface area contributed by atoms with Gasteiger partial charge in [0.25, 0.3) is 5.91 Å².